The van der Waals surface area contributed by atoms with Crippen molar-refractivity contribution in [3.8, 4) is 5.75 Å². The molecule has 104 valence electrons. The number of halogens is 1. The quantitative estimate of drug-likeness (QED) is 0.664. The summed E-state index contributed by atoms with van der Waals surface area (Å²) in [6, 6.07) is 11.5. The fourth-order valence-corrected chi connectivity index (χ4v) is 2.40. The van der Waals surface area contributed by atoms with E-state index in [1.54, 1.807) is 18.2 Å². The zero-order valence-corrected chi connectivity index (χ0v) is 12.3. The zero-order chi connectivity index (χ0) is 14.7. The molecule has 0 fully saturated rings. The second-order valence-electron chi connectivity index (χ2n) is 4.84. The highest BCUT2D eigenvalue weighted by atomic mass is 35.5. The topological polar surface area (TPSA) is 59.1 Å². The van der Waals surface area contributed by atoms with Crippen molar-refractivity contribution in [1.29, 1.82) is 5.41 Å². The molecular weight excluding hydrogens is 272 g/mol. The molecule has 0 atom stereocenters. The number of nitrogens with one attached hydrogen (secondary N) is 1. The fourth-order valence-electron chi connectivity index (χ4n) is 2.12. The lowest BCUT2D eigenvalue weighted by Gasteiger charge is -2.10. The van der Waals surface area contributed by atoms with Crippen molar-refractivity contribution in [2.75, 3.05) is 0 Å². The van der Waals surface area contributed by atoms with Crippen molar-refractivity contribution < 1.29 is 4.74 Å². The Morgan fingerprint density at radius 1 is 1.15 bits per heavy atom. The van der Waals surface area contributed by atoms with Crippen LogP contribution < -0.4 is 10.5 Å². The average Bonchev–Trinajstić information content (AvgIpc) is 2.35. The first-order chi connectivity index (χ1) is 9.45. The molecular formula is C16H17ClN2O. The van der Waals surface area contributed by atoms with Crippen molar-refractivity contribution in [3.05, 3.63) is 63.7 Å². The Morgan fingerprint density at radius 2 is 1.80 bits per heavy atom. The van der Waals surface area contributed by atoms with Crippen molar-refractivity contribution in [2.24, 2.45) is 5.73 Å². The second kappa shape index (κ2) is 5.97. The highest BCUT2D eigenvalue weighted by molar-refractivity contribution is 6.34. The SMILES string of the molecule is Cc1cc(C)cc(COc2ccc(C(=N)N)c(Cl)c2)c1. The van der Waals surface area contributed by atoms with E-state index >= 15 is 0 Å². The number of benzene rings is 2. The smallest absolute Gasteiger partial charge is 0.124 e. The predicted molar refractivity (Wildman–Crippen MR) is 82.7 cm³/mol. The van der Waals surface area contributed by atoms with Crippen LogP contribution in [-0.2, 0) is 6.61 Å². The maximum absolute atomic E-state index is 7.38. The molecule has 0 aromatic heterocycles. The van der Waals surface area contributed by atoms with Crippen LogP contribution in [0.5, 0.6) is 5.75 Å². The van der Waals surface area contributed by atoms with Crippen LogP contribution >= 0.6 is 11.6 Å². The van der Waals surface area contributed by atoms with Crippen molar-refractivity contribution in [2.45, 2.75) is 20.5 Å². The highest BCUT2D eigenvalue weighted by Crippen LogP contribution is 2.23. The van der Waals surface area contributed by atoms with E-state index in [4.69, 9.17) is 27.5 Å². The Balaban J connectivity index is 2.11. The predicted octanol–water partition coefficient (Wildman–Crippen LogP) is 3.82. The Kier molecular flexibility index (Phi) is 4.30. The van der Waals surface area contributed by atoms with E-state index in [2.05, 4.69) is 32.0 Å². The van der Waals surface area contributed by atoms with E-state index in [1.165, 1.54) is 11.1 Å². The Bertz CT molecular complexity index is 633. The van der Waals surface area contributed by atoms with Gasteiger partial charge in [-0.05, 0) is 37.6 Å². The van der Waals surface area contributed by atoms with Gasteiger partial charge in [-0.3, -0.25) is 5.41 Å². The lowest BCUT2D eigenvalue weighted by Crippen LogP contribution is -2.11. The molecule has 3 N–H and O–H groups in total. The molecule has 2 rings (SSSR count). The molecule has 2 aromatic rings. The summed E-state index contributed by atoms with van der Waals surface area (Å²) in [5, 5.41) is 7.81. The van der Waals surface area contributed by atoms with Gasteiger partial charge in [-0.25, -0.2) is 0 Å². The molecule has 0 saturated heterocycles. The van der Waals surface area contributed by atoms with Crippen LogP contribution in [0, 0.1) is 19.3 Å². The third-order valence-electron chi connectivity index (χ3n) is 2.92. The third kappa shape index (κ3) is 3.52. The van der Waals surface area contributed by atoms with Gasteiger partial charge in [0.25, 0.3) is 0 Å². The summed E-state index contributed by atoms with van der Waals surface area (Å²) < 4.78 is 5.72. The molecule has 0 spiro atoms. The maximum atomic E-state index is 7.38. The van der Waals surface area contributed by atoms with Crippen LogP contribution in [0.25, 0.3) is 0 Å². The van der Waals surface area contributed by atoms with Crippen molar-refractivity contribution in [1.82, 2.24) is 0 Å². The van der Waals surface area contributed by atoms with Gasteiger partial charge in [0.2, 0.25) is 0 Å². The average molecular weight is 289 g/mol. The second-order valence-corrected chi connectivity index (χ2v) is 5.25. The first-order valence-corrected chi connectivity index (χ1v) is 6.67. The summed E-state index contributed by atoms with van der Waals surface area (Å²) in [6.45, 7) is 4.61. The van der Waals surface area contributed by atoms with Gasteiger partial charge in [-0.1, -0.05) is 40.9 Å². The molecule has 0 saturated carbocycles. The highest BCUT2D eigenvalue weighted by Gasteiger charge is 2.05. The molecule has 0 unspecified atom stereocenters. The van der Waals surface area contributed by atoms with Gasteiger partial charge in [0.05, 0.1) is 5.02 Å². The van der Waals surface area contributed by atoms with Gasteiger partial charge >= 0.3 is 0 Å². The molecule has 3 nitrogen and oxygen atoms in total. The van der Waals surface area contributed by atoms with Crippen LogP contribution in [0.3, 0.4) is 0 Å². The van der Waals surface area contributed by atoms with Crippen LogP contribution in [-0.4, -0.2) is 5.84 Å². The lowest BCUT2D eigenvalue weighted by atomic mass is 10.1. The Labute approximate surface area is 123 Å². The van der Waals surface area contributed by atoms with Crippen LogP contribution in [0.2, 0.25) is 5.02 Å². The van der Waals surface area contributed by atoms with Crippen molar-refractivity contribution in [3.63, 3.8) is 0 Å². The number of nitrogen functional groups attached to an aromatic ring is 1. The molecule has 0 amide bonds. The van der Waals surface area contributed by atoms with E-state index in [9.17, 15) is 0 Å². The monoisotopic (exact) mass is 288 g/mol. The summed E-state index contributed by atoms with van der Waals surface area (Å²) in [5.74, 6) is 0.620. The summed E-state index contributed by atoms with van der Waals surface area (Å²) >= 11 is 6.06. The van der Waals surface area contributed by atoms with E-state index in [-0.39, 0.29) is 5.84 Å². The molecule has 0 bridgehead atoms. The molecule has 0 radical (unpaired) electrons. The van der Waals surface area contributed by atoms with Gasteiger partial charge in [0.1, 0.15) is 18.2 Å². The number of amidine groups is 1. The van der Waals surface area contributed by atoms with Gasteiger partial charge in [0.15, 0.2) is 0 Å². The standard InChI is InChI=1S/C16H17ClN2O/c1-10-5-11(2)7-12(6-10)9-20-13-3-4-14(16(18)19)15(17)8-13/h3-8H,9H2,1-2H3,(H3,18,19). The first kappa shape index (κ1) is 14.4. The molecule has 20 heavy (non-hydrogen) atoms. The first-order valence-electron chi connectivity index (χ1n) is 6.29. The molecule has 4 heteroatoms. The van der Waals surface area contributed by atoms with E-state index in [0.717, 1.165) is 5.56 Å². The number of hydrogen-bond donors (Lipinski definition) is 2. The number of aryl methyl sites for hydroxylation is 2. The number of nitrogens with two attached hydrogens (primary N) is 1. The summed E-state index contributed by atoms with van der Waals surface area (Å²) in [4.78, 5) is 0. The summed E-state index contributed by atoms with van der Waals surface area (Å²) in [5.41, 5.74) is 9.49. The minimum Gasteiger partial charge on any atom is -0.489 e. The van der Waals surface area contributed by atoms with Crippen LogP contribution in [0.4, 0.5) is 0 Å². The summed E-state index contributed by atoms with van der Waals surface area (Å²) in [6.07, 6.45) is 0. The minimum absolute atomic E-state index is 0.0455. The summed E-state index contributed by atoms with van der Waals surface area (Å²) in [7, 11) is 0. The molecule has 0 aliphatic rings. The number of rotatable bonds is 4. The van der Waals surface area contributed by atoms with E-state index in [1.807, 2.05) is 0 Å². The van der Waals surface area contributed by atoms with Gasteiger partial charge in [-0.2, -0.15) is 0 Å². The van der Waals surface area contributed by atoms with Gasteiger partial charge < -0.3 is 10.5 Å². The molecule has 0 aliphatic carbocycles. The zero-order valence-electron chi connectivity index (χ0n) is 11.5. The Hall–Kier alpha value is -2.00. The van der Waals surface area contributed by atoms with Crippen molar-refractivity contribution >= 4 is 17.4 Å². The molecule has 0 heterocycles. The van der Waals surface area contributed by atoms with Crippen LogP contribution in [0.15, 0.2) is 36.4 Å². The fraction of sp³-hybridized carbons (Fsp3) is 0.188. The van der Waals surface area contributed by atoms with E-state index < -0.39 is 0 Å². The third-order valence-corrected chi connectivity index (χ3v) is 3.23. The Morgan fingerprint density at radius 3 is 2.35 bits per heavy atom. The largest absolute Gasteiger partial charge is 0.489 e. The maximum Gasteiger partial charge on any atom is 0.124 e. The van der Waals surface area contributed by atoms with E-state index in [0.29, 0.717) is 22.9 Å². The lowest BCUT2D eigenvalue weighted by molar-refractivity contribution is 0.306. The normalized spacial score (nSPS) is 10.3. The molecule has 0 aliphatic heterocycles. The van der Waals surface area contributed by atoms with Gasteiger partial charge in [-0.15, -0.1) is 0 Å². The molecule has 2 aromatic carbocycles. The minimum atomic E-state index is -0.0455. The number of ether oxygens (including phenoxy) is 1. The van der Waals surface area contributed by atoms with Gasteiger partial charge in [0, 0.05) is 5.56 Å². The van der Waals surface area contributed by atoms with Crippen LogP contribution in [0.1, 0.15) is 22.3 Å². The number of hydrogen-bond acceptors (Lipinski definition) is 2.